The second-order valence-electron chi connectivity index (χ2n) is 5.37. The molecule has 1 amide bonds. The number of carbonyl (C=O) groups is 1. The van der Waals surface area contributed by atoms with Gasteiger partial charge >= 0.3 is 0 Å². The summed E-state index contributed by atoms with van der Waals surface area (Å²) >= 11 is 6.05. The van der Waals surface area contributed by atoms with Gasteiger partial charge in [-0.05, 0) is 31.0 Å². The lowest BCUT2D eigenvalue weighted by atomic mass is 9.95. The van der Waals surface area contributed by atoms with E-state index >= 15 is 0 Å². The summed E-state index contributed by atoms with van der Waals surface area (Å²) in [5.74, 6) is 0.00924. The predicted octanol–water partition coefficient (Wildman–Crippen LogP) is 3.79. The van der Waals surface area contributed by atoms with Gasteiger partial charge in [-0.25, -0.2) is 0 Å². The third kappa shape index (κ3) is 3.63. The van der Waals surface area contributed by atoms with E-state index in [1.807, 2.05) is 6.07 Å². The van der Waals surface area contributed by atoms with Crippen LogP contribution >= 0.6 is 11.6 Å². The fourth-order valence-electron chi connectivity index (χ4n) is 2.53. The number of nitrogens with zero attached hydrogens (tertiary/aromatic N) is 1. The zero-order chi connectivity index (χ0) is 13.8. The summed E-state index contributed by atoms with van der Waals surface area (Å²) in [4.78, 5) is 13.8. The largest absolute Gasteiger partial charge is 0.382 e. The van der Waals surface area contributed by atoms with Gasteiger partial charge in [-0.15, -0.1) is 0 Å². The minimum absolute atomic E-state index is 0.00924. The lowest BCUT2D eigenvalue weighted by molar-refractivity contribution is 0.0828. The first-order valence-corrected chi connectivity index (χ1v) is 7.23. The molecule has 1 saturated carbocycles. The number of rotatable bonds is 3. The van der Waals surface area contributed by atoms with E-state index in [9.17, 15) is 4.79 Å². The zero-order valence-corrected chi connectivity index (χ0v) is 12.3. The van der Waals surface area contributed by atoms with Crippen LogP contribution in [0.2, 0.25) is 5.02 Å². The maximum Gasteiger partial charge on any atom is 0.255 e. The molecule has 0 bridgehead atoms. The van der Waals surface area contributed by atoms with Crippen LogP contribution in [0.15, 0.2) is 18.2 Å². The van der Waals surface area contributed by atoms with Gasteiger partial charge < -0.3 is 10.2 Å². The van der Waals surface area contributed by atoms with E-state index in [4.69, 9.17) is 11.6 Å². The number of halogens is 1. The third-order valence-electron chi connectivity index (χ3n) is 3.58. The number of anilines is 1. The fraction of sp³-hybridized carbons (Fsp3) is 0.533. The zero-order valence-electron chi connectivity index (χ0n) is 11.6. The van der Waals surface area contributed by atoms with E-state index in [1.165, 1.54) is 32.1 Å². The van der Waals surface area contributed by atoms with Crippen LogP contribution < -0.4 is 5.32 Å². The van der Waals surface area contributed by atoms with Crippen LogP contribution in [0.3, 0.4) is 0 Å². The van der Waals surface area contributed by atoms with Gasteiger partial charge in [-0.3, -0.25) is 4.79 Å². The van der Waals surface area contributed by atoms with Crippen LogP contribution in [0.4, 0.5) is 5.69 Å². The van der Waals surface area contributed by atoms with Gasteiger partial charge in [-0.2, -0.15) is 0 Å². The van der Waals surface area contributed by atoms with Gasteiger partial charge in [0.1, 0.15) is 0 Å². The Labute approximate surface area is 119 Å². The Balaban J connectivity index is 2.21. The van der Waals surface area contributed by atoms with Crippen LogP contribution in [0.5, 0.6) is 0 Å². The van der Waals surface area contributed by atoms with Crippen molar-refractivity contribution >= 4 is 23.2 Å². The van der Waals surface area contributed by atoms with Crippen molar-refractivity contribution in [2.45, 2.75) is 38.1 Å². The number of amides is 1. The minimum Gasteiger partial charge on any atom is -0.382 e. The Bertz CT molecular complexity index is 453. The molecule has 2 rings (SSSR count). The molecule has 1 aromatic carbocycles. The first kappa shape index (κ1) is 14.2. The third-order valence-corrected chi connectivity index (χ3v) is 3.82. The van der Waals surface area contributed by atoms with Crippen LogP contribution in [0.25, 0.3) is 0 Å². The SMILES string of the molecule is CN(C)C(=O)c1ccc(Cl)cc1NC1CCCCC1. The lowest BCUT2D eigenvalue weighted by Gasteiger charge is -2.25. The summed E-state index contributed by atoms with van der Waals surface area (Å²) in [5.41, 5.74) is 1.55. The topological polar surface area (TPSA) is 32.3 Å². The Kier molecular flexibility index (Phi) is 4.70. The number of carbonyl (C=O) groups excluding carboxylic acids is 1. The molecule has 0 radical (unpaired) electrons. The molecule has 0 aromatic heterocycles. The molecular weight excluding hydrogens is 260 g/mol. The highest BCUT2D eigenvalue weighted by Crippen LogP contribution is 2.26. The summed E-state index contributed by atoms with van der Waals surface area (Å²) < 4.78 is 0. The number of hydrogen-bond acceptors (Lipinski definition) is 2. The highest BCUT2D eigenvalue weighted by atomic mass is 35.5. The van der Waals surface area contributed by atoms with Crippen molar-refractivity contribution in [2.24, 2.45) is 0 Å². The fourth-order valence-corrected chi connectivity index (χ4v) is 2.70. The lowest BCUT2D eigenvalue weighted by Crippen LogP contribution is -2.26. The van der Waals surface area contributed by atoms with Gasteiger partial charge in [-0.1, -0.05) is 30.9 Å². The smallest absolute Gasteiger partial charge is 0.255 e. The molecule has 0 atom stereocenters. The summed E-state index contributed by atoms with van der Waals surface area (Å²) in [6.07, 6.45) is 6.17. The van der Waals surface area contributed by atoms with Crippen LogP contribution in [-0.4, -0.2) is 30.9 Å². The van der Waals surface area contributed by atoms with Crippen molar-refractivity contribution in [3.63, 3.8) is 0 Å². The number of hydrogen-bond donors (Lipinski definition) is 1. The van der Waals surface area contributed by atoms with Gasteiger partial charge in [0.05, 0.1) is 5.56 Å². The van der Waals surface area contributed by atoms with Crippen molar-refractivity contribution < 1.29 is 4.79 Å². The molecule has 19 heavy (non-hydrogen) atoms. The summed E-state index contributed by atoms with van der Waals surface area (Å²) in [6.45, 7) is 0. The molecule has 1 aliphatic carbocycles. The molecule has 104 valence electrons. The molecule has 1 aliphatic rings. The quantitative estimate of drug-likeness (QED) is 0.914. The predicted molar refractivity (Wildman–Crippen MR) is 80.0 cm³/mol. The monoisotopic (exact) mass is 280 g/mol. The molecule has 0 unspecified atom stereocenters. The Hall–Kier alpha value is -1.22. The van der Waals surface area contributed by atoms with E-state index in [0.717, 1.165) is 5.69 Å². The van der Waals surface area contributed by atoms with E-state index in [0.29, 0.717) is 16.6 Å². The molecular formula is C15H21ClN2O. The second kappa shape index (κ2) is 6.29. The molecule has 3 nitrogen and oxygen atoms in total. The highest BCUT2D eigenvalue weighted by molar-refractivity contribution is 6.31. The van der Waals surface area contributed by atoms with E-state index in [2.05, 4.69) is 5.32 Å². The van der Waals surface area contributed by atoms with E-state index < -0.39 is 0 Å². The average Bonchev–Trinajstić information content (AvgIpc) is 2.39. The van der Waals surface area contributed by atoms with Crippen molar-refractivity contribution in [2.75, 3.05) is 19.4 Å². The standard InChI is InChI=1S/C15H21ClN2O/c1-18(2)15(19)13-9-8-11(16)10-14(13)17-12-6-4-3-5-7-12/h8-10,12,17H,3-7H2,1-2H3. The van der Waals surface area contributed by atoms with Crippen molar-refractivity contribution in [3.8, 4) is 0 Å². The Morgan fingerprint density at radius 3 is 2.58 bits per heavy atom. The maximum atomic E-state index is 12.2. The van der Waals surface area contributed by atoms with Crippen LogP contribution in [0, 0.1) is 0 Å². The van der Waals surface area contributed by atoms with Crippen molar-refractivity contribution in [3.05, 3.63) is 28.8 Å². The molecule has 1 N–H and O–H groups in total. The van der Waals surface area contributed by atoms with Gasteiger partial charge in [0, 0.05) is 30.8 Å². The van der Waals surface area contributed by atoms with Crippen molar-refractivity contribution in [1.82, 2.24) is 4.90 Å². The number of nitrogens with one attached hydrogen (secondary N) is 1. The van der Waals surface area contributed by atoms with E-state index in [1.54, 1.807) is 31.1 Å². The minimum atomic E-state index is 0.00924. The first-order valence-electron chi connectivity index (χ1n) is 6.85. The summed E-state index contributed by atoms with van der Waals surface area (Å²) in [7, 11) is 3.53. The molecule has 1 fully saturated rings. The average molecular weight is 281 g/mol. The van der Waals surface area contributed by atoms with Crippen LogP contribution in [-0.2, 0) is 0 Å². The number of benzene rings is 1. The summed E-state index contributed by atoms with van der Waals surface area (Å²) in [6, 6.07) is 5.88. The van der Waals surface area contributed by atoms with Crippen LogP contribution in [0.1, 0.15) is 42.5 Å². The highest BCUT2D eigenvalue weighted by Gasteiger charge is 2.18. The maximum absolute atomic E-state index is 12.2. The van der Waals surface area contributed by atoms with Gasteiger partial charge in [0.15, 0.2) is 0 Å². The van der Waals surface area contributed by atoms with Gasteiger partial charge in [0.25, 0.3) is 5.91 Å². The summed E-state index contributed by atoms with van der Waals surface area (Å²) in [5, 5.41) is 4.15. The molecule has 0 saturated heterocycles. The molecule has 4 heteroatoms. The first-order chi connectivity index (χ1) is 9.08. The Morgan fingerprint density at radius 2 is 1.95 bits per heavy atom. The van der Waals surface area contributed by atoms with Gasteiger partial charge in [0.2, 0.25) is 0 Å². The van der Waals surface area contributed by atoms with Crippen molar-refractivity contribution in [1.29, 1.82) is 0 Å². The molecule has 0 heterocycles. The molecule has 1 aromatic rings. The normalized spacial score (nSPS) is 16.2. The molecule has 0 spiro atoms. The molecule has 0 aliphatic heterocycles. The van der Waals surface area contributed by atoms with E-state index in [-0.39, 0.29) is 5.91 Å². The second-order valence-corrected chi connectivity index (χ2v) is 5.81. The Morgan fingerprint density at radius 1 is 1.26 bits per heavy atom.